The van der Waals surface area contributed by atoms with Crippen LogP contribution in [0.3, 0.4) is 0 Å². The minimum Gasteiger partial charge on any atom is -0.225 e. The van der Waals surface area contributed by atoms with Crippen molar-refractivity contribution >= 4 is 33.2 Å². The zero-order chi connectivity index (χ0) is 10.2. The van der Waals surface area contributed by atoms with Crippen molar-refractivity contribution in [2.45, 2.75) is 4.90 Å². The van der Waals surface area contributed by atoms with Crippen LogP contribution >= 0.6 is 23.2 Å². The van der Waals surface area contributed by atoms with E-state index in [2.05, 4.69) is 10.1 Å². The summed E-state index contributed by atoms with van der Waals surface area (Å²) in [5, 5.41) is 3.81. The summed E-state index contributed by atoms with van der Waals surface area (Å²) < 4.78 is 34.5. The summed E-state index contributed by atoms with van der Waals surface area (Å²) in [6.45, 7) is 0. The first-order valence-corrected chi connectivity index (χ1v) is 5.17. The van der Waals surface area contributed by atoms with Crippen LogP contribution in [-0.4, -0.2) is 13.4 Å². The summed E-state index contributed by atoms with van der Waals surface area (Å²) in [4.78, 5) is 2.52. The van der Waals surface area contributed by atoms with Crippen LogP contribution in [0.15, 0.2) is 11.0 Å². The molecule has 0 aliphatic rings. The molecule has 2 N–H and O–H groups in total. The van der Waals surface area contributed by atoms with Crippen molar-refractivity contribution in [3.63, 3.8) is 0 Å². The van der Waals surface area contributed by atoms with Crippen LogP contribution in [0.25, 0.3) is 0 Å². The number of pyridine rings is 1. The van der Waals surface area contributed by atoms with Gasteiger partial charge in [-0.25, -0.2) is 22.9 Å². The first-order chi connectivity index (χ1) is 5.82. The average molecular weight is 245 g/mol. The van der Waals surface area contributed by atoms with E-state index in [-0.39, 0.29) is 5.15 Å². The highest BCUT2D eigenvalue weighted by Crippen LogP contribution is 2.22. The molecule has 1 aromatic rings. The first-order valence-electron chi connectivity index (χ1n) is 2.86. The number of hydrogen-bond donors (Lipinski definition) is 1. The van der Waals surface area contributed by atoms with E-state index < -0.39 is 25.9 Å². The predicted molar refractivity (Wildman–Crippen MR) is 45.6 cm³/mol. The molecule has 0 saturated heterocycles. The third-order valence-electron chi connectivity index (χ3n) is 1.16. The van der Waals surface area contributed by atoms with Crippen molar-refractivity contribution in [2.75, 3.05) is 0 Å². The number of hydrogen-bond acceptors (Lipinski definition) is 3. The lowest BCUT2D eigenvalue weighted by Crippen LogP contribution is -2.14. The van der Waals surface area contributed by atoms with Crippen molar-refractivity contribution in [3.8, 4) is 0 Å². The normalized spacial score (nSPS) is 11.7. The second-order valence-corrected chi connectivity index (χ2v) is 4.37. The topological polar surface area (TPSA) is 73.1 Å². The molecule has 0 unspecified atom stereocenters. The van der Waals surface area contributed by atoms with E-state index >= 15 is 0 Å². The lowest BCUT2D eigenvalue weighted by Gasteiger charge is -2.01. The highest BCUT2D eigenvalue weighted by atomic mass is 35.5. The molecule has 1 aromatic heterocycles. The predicted octanol–water partition coefficient (Wildman–Crippen LogP) is 1.17. The number of nitrogens with two attached hydrogens (primary N) is 1. The third kappa shape index (κ3) is 2.28. The molecule has 1 heterocycles. The van der Waals surface area contributed by atoms with Gasteiger partial charge in [-0.05, 0) is 6.07 Å². The van der Waals surface area contributed by atoms with Gasteiger partial charge in [-0.3, -0.25) is 0 Å². The standard InChI is InChI=1S/C5H3Cl2FN2O2S/c6-3-1-2(13(9,11)12)4(8)5(7)10-3/h1H,(H2,9,11,12). The van der Waals surface area contributed by atoms with E-state index in [1.165, 1.54) is 0 Å². The molecule has 0 aromatic carbocycles. The van der Waals surface area contributed by atoms with E-state index in [1.807, 2.05) is 0 Å². The van der Waals surface area contributed by atoms with Gasteiger partial charge in [0.1, 0.15) is 10.0 Å². The van der Waals surface area contributed by atoms with Crippen LogP contribution in [0.1, 0.15) is 0 Å². The lowest BCUT2D eigenvalue weighted by molar-refractivity contribution is 0.564. The van der Waals surface area contributed by atoms with Gasteiger partial charge in [0.25, 0.3) is 0 Å². The first kappa shape index (κ1) is 10.6. The Morgan fingerprint density at radius 2 is 2.00 bits per heavy atom. The second-order valence-electron chi connectivity index (χ2n) is 2.09. The quantitative estimate of drug-likeness (QED) is 0.755. The van der Waals surface area contributed by atoms with Gasteiger partial charge in [-0.15, -0.1) is 0 Å². The van der Waals surface area contributed by atoms with Crippen LogP contribution < -0.4 is 5.14 Å². The zero-order valence-corrected chi connectivity index (χ0v) is 8.29. The van der Waals surface area contributed by atoms with Crippen molar-refractivity contribution in [3.05, 3.63) is 22.2 Å². The molecule has 72 valence electrons. The molecule has 8 heteroatoms. The molecular weight excluding hydrogens is 242 g/mol. The maximum Gasteiger partial charge on any atom is 0.241 e. The maximum absolute atomic E-state index is 13.0. The Hall–Kier alpha value is -0.430. The highest BCUT2D eigenvalue weighted by Gasteiger charge is 2.18. The number of rotatable bonds is 1. The van der Waals surface area contributed by atoms with Crippen LogP contribution in [0.4, 0.5) is 4.39 Å². The van der Waals surface area contributed by atoms with Gasteiger partial charge in [0.15, 0.2) is 11.0 Å². The molecule has 0 atom stereocenters. The Balaban J connectivity index is 3.56. The van der Waals surface area contributed by atoms with Gasteiger partial charge in [0, 0.05) is 0 Å². The number of nitrogens with zero attached hydrogens (tertiary/aromatic N) is 1. The summed E-state index contributed by atoms with van der Waals surface area (Å²) >= 11 is 10.6. The number of sulfonamides is 1. The molecule has 4 nitrogen and oxygen atoms in total. The molecule has 0 saturated carbocycles. The fraction of sp³-hybridized carbons (Fsp3) is 0. The second kappa shape index (κ2) is 3.38. The van der Waals surface area contributed by atoms with Crippen LogP contribution in [0, 0.1) is 5.82 Å². The number of primary sulfonamides is 1. The Bertz CT molecular complexity index is 448. The molecule has 0 fully saturated rings. The van der Waals surface area contributed by atoms with Crippen molar-refractivity contribution in [1.29, 1.82) is 0 Å². The molecule has 0 aliphatic heterocycles. The number of aromatic nitrogens is 1. The molecule has 0 aliphatic carbocycles. The van der Waals surface area contributed by atoms with Gasteiger partial charge in [0.2, 0.25) is 10.0 Å². The summed E-state index contributed by atoms with van der Waals surface area (Å²) in [6, 6.07) is 0.790. The van der Waals surface area contributed by atoms with Crippen LogP contribution in [-0.2, 0) is 10.0 Å². The minimum atomic E-state index is -4.16. The van der Waals surface area contributed by atoms with E-state index in [1.54, 1.807) is 0 Å². The van der Waals surface area contributed by atoms with Gasteiger partial charge in [-0.1, -0.05) is 23.2 Å². The van der Waals surface area contributed by atoms with Crippen LogP contribution in [0.2, 0.25) is 10.3 Å². The minimum absolute atomic E-state index is 0.240. The Kier molecular flexibility index (Phi) is 2.76. The average Bonchev–Trinajstić information content (AvgIpc) is 1.94. The van der Waals surface area contributed by atoms with Gasteiger partial charge in [0.05, 0.1) is 0 Å². The van der Waals surface area contributed by atoms with E-state index in [0.717, 1.165) is 6.07 Å². The smallest absolute Gasteiger partial charge is 0.225 e. The summed E-state index contributed by atoms with van der Waals surface area (Å²) in [7, 11) is -4.16. The lowest BCUT2D eigenvalue weighted by atomic mass is 10.5. The SMILES string of the molecule is NS(=O)(=O)c1cc(Cl)nc(Cl)c1F. The molecule has 0 radical (unpaired) electrons. The van der Waals surface area contributed by atoms with Crippen molar-refractivity contribution in [1.82, 2.24) is 4.98 Å². The fourth-order valence-electron chi connectivity index (χ4n) is 0.655. The number of halogens is 3. The maximum atomic E-state index is 13.0. The Labute approximate surface area is 83.5 Å². The van der Waals surface area contributed by atoms with Crippen molar-refractivity contribution in [2.24, 2.45) is 5.14 Å². The highest BCUT2D eigenvalue weighted by molar-refractivity contribution is 7.89. The van der Waals surface area contributed by atoms with Gasteiger partial charge in [-0.2, -0.15) is 0 Å². The van der Waals surface area contributed by atoms with E-state index in [0.29, 0.717) is 0 Å². The molecule has 13 heavy (non-hydrogen) atoms. The van der Waals surface area contributed by atoms with Gasteiger partial charge < -0.3 is 0 Å². The largest absolute Gasteiger partial charge is 0.241 e. The molecular formula is C5H3Cl2FN2O2S. The Morgan fingerprint density at radius 3 is 2.46 bits per heavy atom. The molecule has 0 spiro atoms. The summed E-state index contributed by atoms with van der Waals surface area (Å²) in [5.74, 6) is -1.20. The van der Waals surface area contributed by atoms with Crippen LogP contribution in [0.5, 0.6) is 0 Å². The Morgan fingerprint density at radius 1 is 1.46 bits per heavy atom. The fourth-order valence-corrected chi connectivity index (χ4v) is 1.83. The van der Waals surface area contributed by atoms with E-state index in [9.17, 15) is 12.8 Å². The van der Waals surface area contributed by atoms with Gasteiger partial charge >= 0.3 is 0 Å². The molecule has 1 rings (SSSR count). The third-order valence-corrected chi connectivity index (χ3v) is 2.51. The zero-order valence-electron chi connectivity index (χ0n) is 5.96. The molecule has 0 amide bonds. The van der Waals surface area contributed by atoms with Crippen molar-refractivity contribution < 1.29 is 12.8 Å². The monoisotopic (exact) mass is 244 g/mol. The molecule has 0 bridgehead atoms. The summed E-state index contributed by atoms with van der Waals surface area (Å²) in [6.07, 6.45) is 0. The summed E-state index contributed by atoms with van der Waals surface area (Å²) in [5.41, 5.74) is 0. The van der Waals surface area contributed by atoms with E-state index in [4.69, 9.17) is 23.2 Å².